The molecule has 5 aromatic rings. The van der Waals surface area contributed by atoms with Crippen LogP contribution in [-0.4, -0.2) is 15.2 Å². The van der Waals surface area contributed by atoms with Crippen molar-refractivity contribution >= 4 is 54.6 Å². The van der Waals surface area contributed by atoms with Gasteiger partial charge in [0.2, 0.25) is 0 Å². The summed E-state index contributed by atoms with van der Waals surface area (Å²) in [5.41, 5.74) is 5.71. The molecule has 26 heavy (non-hydrogen) atoms. The van der Waals surface area contributed by atoms with E-state index in [0.717, 1.165) is 39.1 Å². The lowest BCUT2D eigenvalue weighted by molar-refractivity contribution is 1.12. The highest BCUT2D eigenvalue weighted by molar-refractivity contribution is 7.17. The third-order valence-electron chi connectivity index (χ3n) is 5.20. The molecule has 3 aromatic heterocycles. The average molecular weight is 356 g/mol. The highest BCUT2D eigenvalue weighted by atomic mass is 32.1. The lowest BCUT2D eigenvalue weighted by atomic mass is 10.1. The van der Waals surface area contributed by atoms with Gasteiger partial charge in [-0.2, -0.15) is 5.10 Å². The van der Waals surface area contributed by atoms with Crippen molar-refractivity contribution in [1.82, 2.24) is 15.2 Å². The Hall–Kier alpha value is -2.92. The second-order valence-corrected chi connectivity index (χ2v) is 7.90. The molecule has 1 aliphatic rings. The standard InChI is InChI=1S/C21H16N4S/c1-2-12(1)17-11-26-21-9-16-18(5-6-22-20(16)8-15(17)21)24-14-4-3-13-10-23-25-19(13)7-14/h3-12H,1-2H2,(H,22,24)(H,23,25). The summed E-state index contributed by atoms with van der Waals surface area (Å²) in [5, 5.41) is 16.7. The molecule has 1 saturated carbocycles. The Labute approximate surface area is 153 Å². The molecule has 0 atom stereocenters. The third kappa shape index (κ3) is 2.21. The largest absolute Gasteiger partial charge is 0.355 e. The number of thiophene rings is 1. The number of anilines is 2. The first-order chi connectivity index (χ1) is 12.8. The number of aromatic nitrogens is 3. The van der Waals surface area contributed by atoms with E-state index in [1.54, 1.807) is 0 Å². The molecule has 0 bridgehead atoms. The van der Waals surface area contributed by atoms with Crippen LogP contribution in [0.5, 0.6) is 0 Å². The summed E-state index contributed by atoms with van der Waals surface area (Å²) >= 11 is 1.85. The molecule has 126 valence electrons. The van der Waals surface area contributed by atoms with Crippen LogP contribution in [0.15, 0.2) is 54.2 Å². The van der Waals surface area contributed by atoms with Crippen molar-refractivity contribution in [3.05, 3.63) is 59.7 Å². The highest BCUT2D eigenvalue weighted by Crippen LogP contribution is 2.46. The van der Waals surface area contributed by atoms with Crippen LogP contribution >= 0.6 is 11.3 Å². The molecular weight excluding hydrogens is 340 g/mol. The number of nitrogens with zero attached hydrogens (tertiary/aromatic N) is 2. The fourth-order valence-corrected chi connectivity index (χ4v) is 4.74. The molecule has 4 nitrogen and oxygen atoms in total. The van der Waals surface area contributed by atoms with Gasteiger partial charge in [-0.1, -0.05) is 0 Å². The first-order valence-electron chi connectivity index (χ1n) is 8.85. The van der Waals surface area contributed by atoms with E-state index in [2.05, 4.69) is 56.2 Å². The van der Waals surface area contributed by atoms with Crippen LogP contribution in [0.2, 0.25) is 0 Å². The Morgan fingerprint density at radius 2 is 2.04 bits per heavy atom. The quantitative estimate of drug-likeness (QED) is 0.420. The van der Waals surface area contributed by atoms with Crippen molar-refractivity contribution in [3.63, 3.8) is 0 Å². The predicted molar refractivity (Wildman–Crippen MR) is 108 cm³/mol. The Morgan fingerprint density at radius 1 is 1.08 bits per heavy atom. The summed E-state index contributed by atoms with van der Waals surface area (Å²) in [7, 11) is 0. The third-order valence-corrected chi connectivity index (χ3v) is 6.17. The molecule has 0 amide bonds. The predicted octanol–water partition coefficient (Wildman–Crippen LogP) is 5.95. The SMILES string of the molecule is c1cc(Nc2ccc3cn[nH]c3c2)c2cc3scc(C4CC4)c3cc2n1. The van der Waals surface area contributed by atoms with Gasteiger partial charge in [0.15, 0.2) is 0 Å². The number of pyridine rings is 1. The Kier molecular flexibility index (Phi) is 2.90. The van der Waals surface area contributed by atoms with Crippen molar-refractivity contribution in [2.24, 2.45) is 0 Å². The van der Waals surface area contributed by atoms with Crippen LogP contribution in [-0.2, 0) is 0 Å². The summed E-state index contributed by atoms with van der Waals surface area (Å²) < 4.78 is 1.35. The van der Waals surface area contributed by atoms with Crippen molar-refractivity contribution in [1.29, 1.82) is 0 Å². The van der Waals surface area contributed by atoms with Crippen molar-refractivity contribution in [2.45, 2.75) is 18.8 Å². The van der Waals surface area contributed by atoms with Gasteiger partial charge >= 0.3 is 0 Å². The first kappa shape index (κ1) is 14.3. The number of hydrogen-bond acceptors (Lipinski definition) is 4. The molecule has 0 unspecified atom stereocenters. The van der Waals surface area contributed by atoms with E-state index >= 15 is 0 Å². The lowest BCUT2D eigenvalue weighted by Gasteiger charge is -2.10. The molecule has 1 aliphatic carbocycles. The number of benzene rings is 2. The number of H-pyrrole nitrogens is 1. The van der Waals surface area contributed by atoms with E-state index in [4.69, 9.17) is 0 Å². The van der Waals surface area contributed by atoms with Gasteiger partial charge in [0.1, 0.15) is 0 Å². The Morgan fingerprint density at radius 3 is 2.96 bits per heavy atom. The summed E-state index contributed by atoms with van der Waals surface area (Å²) in [6.45, 7) is 0. The molecule has 6 rings (SSSR count). The molecule has 5 heteroatoms. The summed E-state index contributed by atoms with van der Waals surface area (Å²) in [4.78, 5) is 4.62. The van der Waals surface area contributed by atoms with Crippen molar-refractivity contribution in [3.8, 4) is 0 Å². The summed E-state index contributed by atoms with van der Waals surface area (Å²) in [6, 6.07) is 12.8. The van der Waals surface area contributed by atoms with E-state index in [-0.39, 0.29) is 0 Å². The maximum atomic E-state index is 4.62. The molecule has 1 fully saturated rings. The molecule has 0 radical (unpaired) electrons. The van der Waals surface area contributed by atoms with Gasteiger partial charge in [-0.15, -0.1) is 11.3 Å². The zero-order chi connectivity index (χ0) is 17.1. The van der Waals surface area contributed by atoms with Gasteiger partial charge in [-0.25, -0.2) is 0 Å². The maximum Gasteiger partial charge on any atom is 0.0729 e. The van der Waals surface area contributed by atoms with E-state index in [0.29, 0.717) is 0 Å². The topological polar surface area (TPSA) is 53.6 Å². The van der Waals surface area contributed by atoms with Gasteiger partial charge in [0, 0.05) is 33.0 Å². The number of aromatic amines is 1. The number of nitrogens with one attached hydrogen (secondary N) is 2. The van der Waals surface area contributed by atoms with Crippen LogP contribution in [0.4, 0.5) is 11.4 Å². The van der Waals surface area contributed by atoms with Crippen molar-refractivity contribution < 1.29 is 0 Å². The summed E-state index contributed by atoms with van der Waals surface area (Å²) in [6.07, 6.45) is 6.38. The second kappa shape index (κ2) is 5.29. The van der Waals surface area contributed by atoms with Gasteiger partial charge < -0.3 is 5.32 Å². The normalized spacial score (nSPS) is 14.5. The monoisotopic (exact) mass is 356 g/mol. The van der Waals surface area contributed by atoms with Gasteiger partial charge in [-0.05, 0) is 71.5 Å². The van der Waals surface area contributed by atoms with Crippen LogP contribution in [0.25, 0.3) is 31.9 Å². The average Bonchev–Trinajstić information content (AvgIpc) is 3.25. The first-order valence-corrected chi connectivity index (χ1v) is 9.73. The Bertz CT molecular complexity index is 1280. The molecular formula is C21H16N4S. The van der Waals surface area contributed by atoms with Crippen molar-refractivity contribution in [2.75, 3.05) is 5.32 Å². The molecule has 0 spiro atoms. The number of rotatable bonds is 3. The van der Waals surface area contributed by atoms with E-state index in [1.165, 1.54) is 28.5 Å². The van der Waals surface area contributed by atoms with E-state index in [1.807, 2.05) is 29.8 Å². The second-order valence-electron chi connectivity index (χ2n) is 6.99. The lowest BCUT2D eigenvalue weighted by Crippen LogP contribution is -1.92. The molecule has 0 saturated heterocycles. The van der Waals surface area contributed by atoms with Crippen LogP contribution in [0.3, 0.4) is 0 Å². The molecule has 0 aliphatic heterocycles. The van der Waals surface area contributed by atoms with Gasteiger partial charge in [0.05, 0.1) is 17.2 Å². The minimum absolute atomic E-state index is 0.767. The minimum Gasteiger partial charge on any atom is -0.355 e. The van der Waals surface area contributed by atoms with Gasteiger partial charge in [0.25, 0.3) is 0 Å². The maximum absolute atomic E-state index is 4.62. The van der Waals surface area contributed by atoms with Crippen LogP contribution in [0.1, 0.15) is 24.3 Å². The Balaban J connectivity index is 1.48. The molecule has 3 heterocycles. The van der Waals surface area contributed by atoms with E-state index < -0.39 is 0 Å². The highest BCUT2D eigenvalue weighted by Gasteiger charge is 2.26. The molecule has 2 aromatic carbocycles. The van der Waals surface area contributed by atoms with E-state index in [9.17, 15) is 0 Å². The van der Waals surface area contributed by atoms with Crippen LogP contribution in [0, 0.1) is 0 Å². The number of fused-ring (bicyclic) bond motifs is 3. The summed E-state index contributed by atoms with van der Waals surface area (Å²) in [5.74, 6) is 0.767. The zero-order valence-electron chi connectivity index (χ0n) is 14.0. The fourth-order valence-electron chi connectivity index (χ4n) is 3.68. The molecule has 2 N–H and O–H groups in total. The number of hydrogen-bond donors (Lipinski definition) is 2. The van der Waals surface area contributed by atoms with Crippen LogP contribution < -0.4 is 5.32 Å². The smallest absolute Gasteiger partial charge is 0.0729 e. The fraction of sp³-hybridized carbons (Fsp3) is 0.143. The van der Waals surface area contributed by atoms with Gasteiger partial charge in [-0.3, -0.25) is 10.1 Å². The minimum atomic E-state index is 0.767. The zero-order valence-corrected chi connectivity index (χ0v) is 14.8.